The van der Waals surface area contributed by atoms with Gasteiger partial charge in [0.15, 0.2) is 6.29 Å². The molecule has 2 saturated heterocycles. The molecule has 3 aromatic carbocycles. The predicted octanol–water partition coefficient (Wildman–Crippen LogP) is 4.95. The zero-order chi connectivity index (χ0) is 29.1. The summed E-state index contributed by atoms with van der Waals surface area (Å²) in [6.07, 6.45) is 1.19. The standard InChI is InChI=1S/C34H41N3O5/c1-2-20-40-34(39)35-22-26-8-14-30(15-9-26)33-41-31(21-32(42-33)29-12-10-28(25-38)11-13-29)24-37-18-16-36(17-19-37)23-27-6-4-3-5-7-27/h2-15,31-33,38H,1,16-25H2,(H,35,39)/t31-,32+,33+/m1/s1. The molecule has 42 heavy (non-hydrogen) atoms. The molecule has 2 N–H and O–H groups in total. The number of benzene rings is 3. The van der Waals surface area contributed by atoms with Gasteiger partial charge in [0, 0.05) is 57.8 Å². The van der Waals surface area contributed by atoms with E-state index in [4.69, 9.17) is 14.2 Å². The Morgan fingerprint density at radius 2 is 1.55 bits per heavy atom. The predicted molar refractivity (Wildman–Crippen MR) is 161 cm³/mol. The highest BCUT2D eigenvalue weighted by Gasteiger charge is 2.33. The van der Waals surface area contributed by atoms with E-state index in [9.17, 15) is 9.90 Å². The molecule has 0 radical (unpaired) electrons. The smallest absolute Gasteiger partial charge is 0.407 e. The fourth-order valence-corrected chi connectivity index (χ4v) is 5.45. The summed E-state index contributed by atoms with van der Waals surface area (Å²) in [4.78, 5) is 16.8. The highest BCUT2D eigenvalue weighted by molar-refractivity contribution is 5.67. The van der Waals surface area contributed by atoms with Gasteiger partial charge in [-0.05, 0) is 22.3 Å². The van der Waals surface area contributed by atoms with E-state index in [1.807, 2.05) is 48.5 Å². The molecule has 8 heteroatoms. The molecule has 2 heterocycles. The average molecular weight is 572 g/mol. The molecule has 0 spiro atoms. The molecule has 1 amide bonds. The Bertz CT molecular complexity index is 1260. The van der Waals surface area contributed by atoms with Crippen LogP contribution in [-0.2, 0) is 33.9 Å². The summed E-state index contributed by atoms with van der Waals surface area (Å²) in [5, 5.41) is 12.2. The van der Waals surface area contributed by atoms with Gasteiger partial charge in [0.25, 0.3) is 0 Å². The van der Waals surface area contributed by atoms with Crippen molar-refractivity contribution in [2.24, 2.45) is 0 Å². The Morgan fingerprint density at radius 1 is 0.881 bits per heavy atom. The lowest BCUT2D eigenvalue weighted by atomic mass is 9.99. The third-order valence-electron chi connectivity index (χ3n) is 7.81. The number of carbonyl (C=O) groups is 1. The van der Waals surface area contributed by atoms with E-state index in [2.05, 4.69) is 52.0 Å². The summed E-state index contributed by atoms with van der Waals surface area (Å²) in [5.74, 6) is 0. The minimum atomic E-state index is -0.509. The van der Waals surface area contributed by atoms with E-state index in [-0.39, 0.29) is 25.4 Å². The van der Waals surface area contributed by atoms with E-state index in [0.29, 0.717) is 6.54 Å². The third-order valence-corrected chi connectivity index (χ3v) is 7.81. The van der Waals surface area contributed by atoms with Gasteiger partial charge in [-0.1, -0.05) is 91.5 Å². The fourth-order valence-electron chi connectivity index (χ4n) is 5.45. The molecule has 8 nitrogen and oxygen atoms in total. The van der Waals surface area contributed by atoms with Crippen LogP contribution in [0.2, 0.25) is 0 Å². The maximum Gasteiger partial charge on any atom is 0.407 e. The third kappa shape index (κ3) is 8.50. The summed E-state index contributed by atoms with van der Waals surface area (Å²) in [7, 11) is 0. The Hall–Kier alpha value is -3.53. The van der Waals surface area contributed by atoms with E-state index in [0.717, 1.165) is 67.9 Å². The average Bonchev–Trinajstić information content (AvgIpc) is 3.04. The van der Waals surface area contributed by atoms with Crippen molar-refractivity contribution in [2.45, 2.75) is 44.6 Å². The molecule has 0 saturated carbocycles. The number of ether oxygens (including phenoxy) is 3. The number of piperazine rings is 1. The maximum absolute atomic E-state index is 11.8. The van der Waals surface area contributed by atoms with Gasteiger partial charge in [0.2, 0.25) is 0 Å². The van der Waals surface area contributed by atoms with Crippen LogP contribution in [0, 0.1) is 0 Å². The molecule has 3 aromatic rings. The molecule has 2 fully saturated rings. The van der Waals surface area contributed by atoms with Crippen LogP contribution in [-0.4, -0.2) is 66.4 Å². The number of aliphatic hydroxyl groups excluding tert-OH is 1. The summed E-state index contributed by atoms with van der Waals surface area (Å²) >= 11 is 0. The molecule has 3 atom stereocenters. The van der Waals surface area contributed by atoms with Crippen molar-refractivity contribution in [1.82, 2.24) is 15.1 Å². The van der Waals surface area contributed by atoms with Crippen LogP contribution in [0.15, 0.2) is 91.5 Å². The van der Waals surface area contributed by atoms with Gasteiger partial charge in [0.05, 0.1) is 18.8 Å². The second-order valence-electron chi connectivity index (χ2n) is 10.9. The minimum Gasteiger partial charge on any atom is -0.445 e. The lowest BCUT2D eigenvalue weighted by molar-refractivity contribution is -0.253. The number of carbonyl (C=O) groups excluding carboxylic acids is 1. The van der Waals surface area contributed by atoms with Crippen LogP contribution in [0.1, 0.15) is 46.6 Å². The van der Waals surface area contributed by atoms with E-state index >= 15 is 0 Å². The number of hydrogen-bond acceptors (Lipinski definition) is 7. The van der Waals surface area contributed by atoms with E-state index in [1.54, 1.807) is 0 Å². The molecule has 5 rings (SSSR count). The summed E-state index contributed by atoms with van der Waals surface area (Å²) in [5.41, 5.74) is 5.20. The Kier molecular flexibility index (Phi) is 10.8. The normalized spacial score (nSPS) is 21.5. The molecule has 0 unspecified atom stereocenters. The quantitative estimate of drug-likeness (QED) is 0.315. The van der Waals surface area contributed by atoms with E-state index in [1.165, 1.54) is 11.6 Å². The van der Waals surface area contributed by atoms with Crippen molar-refractivity contribution >= 4 is 6.09 Å². The summed E-state index contributed by atoms with van der Waals surface area (Å²) < 4.78 is 18.0. The van der Waals surface area contributed by atoms with Crippen molar-refractivity contribution in [3.8, 4) is 0 Å². The van der Waals surface area contributed by atoms with Crippen LogP contribution in [0.4, 0.5) is 4.79 Å². The molecule has 222 valence electrons. The lowest BCUT2D eigenvalue weighted by Gasteiger charge is -2.40. The second-order valence-corrected chi connectivity index (χ2v) is 10.9. The first-order valence-electron chi connectivity index (χ1n) is 14.7. The number of aliphatic hydroxyl groups is 1. The molecular formula is C34H41N3O5. The topological polar surface area (TPSA) is 83.5 Å². The Labute approximate surface area is 248 Å². The van der Waals surface area contributed by atoms with Gasteiger partial charge < -0.3 is 24.6 Å². The number of alkyl carbamates (subject to hydrolysis) is 1. The first-order chi connectivity index (χ1) is 20.6. The van der Waals surface area contributed by atoms with Gasteiger partial charge in [-0.3, -0.25) is 9.80 Å². The SMILES string of the molecule is C=CCOC(=O)NCc1ccc([C@H]2O[C@@H](CN3CCN(Cc4ccccc4)CC3)C[C@@H](c3ccc(CO)cc3)O2)cc1. The highest BCUT2D eigenvalue weighted by atomic mass is 16.7. The summed E-state index contributed by atoms with van der Waals surface area (Å²) in [6.45, 7) is 10.0. The number of rotatable bonds is 11. The van der Waals surface area contributed by atoms with Crippen LogP contribution in [0.5, 0.6) is 0 Å². The van der Waals surface area contributed by atoms with Gasteiger partial charge in [-0.2, -0.15) is 0 Å². The van der Waals surface area contributed by atoms with Gasteiger partial charge >= 0.3 is 6.09 Å². The van der Waals surface area contributed by atoms with Gasteiger partial charge in [-0.15, -0.1) is 0 Å². The first-order valence-corrected chi connectivity index (χ1v) is 14.7. The zero-order valence-corrected chi connectivity index (χ0v) is 24.1. The second kappa shape index (κ2) is 15.1. The minimum absolute atomic E-state index is 0.00733. The molecule has 2 aliphatic heterocycles. The molecule has 0 aliphatic carbocycles. The first kappa shape index (κ1) is 29.9. The number of nitrogens with zero attached hydrogens (tertiary/aromatic N) is 2. The monoisotopic (exact) mass is 571 g/mol. The number of amides is 1. The van der Waals surface area contributed by atoms with E-state index < -0.39 is 12.4 Å². The van der Waals surface area contributed by atoms with Crippen molar-refractivity contribution in [1.29, 1.82) is 0 Å². The fraction of sp³-hybridized carbons (Fsp3) is 0.382. The summed E-state index contributed by atoms with van der Waals surface area (Å²) in [6, 6.07) is 26.6. The van der Waals surface area contributed by atoms with Gasteiger partial charge in [-0.25, -0.2) is 4.79 Å². The number of nitrogens with one attached hydrogen (secondary N) is 1. The van der Waals surface area contributed by atoms with Crippen LogP contribution in [0.25, 0.3) is 0 Å². The van der Waals surface area contributed by atoms with Crippen LogP contribution < -0.4 is 5.32 Å². The molecule has 2 aliphatic rings. The molecular weight excluding hydrogens is 530 g/mol. The van der Waals surface area contributed by atoms with Crippen molar-refractivity contribution in [3.63, 3.8) is 0 Å². The zero-order valence-electron chi connectivity index (χ0n) is 24.1. The Balaban J connectivity index is 1.21. The largest absolute Gasteiger partial charge is 0.445 e. The number of hydrogen-bond donors (Lipinski definition) is 2. The molecule has 0 aromatic heterocycles. The van der Waals surface area contributed by atoms with Gasteiger partial charge in [0.1, 0.15) is 6.61 Å². The van der Waals surface area contributed by atoms with Crippen LogP contribution >= 0.6 is 0 Å². The maximum atomic E-state index is 11.8. The van der Waals surface area contributed by atoms with Crippen molar-refractivity contribution in [2.75, 3.05) is 39.3 Å². The molecule has 0 bridgehead atoms. The van der Waals surface area contributed by atoms with Crippen molar-refractivity contribution in [3.05, 3.63) is 119 Å². The Morgan fingerprint density at radius 3 is 2.24 bits per heavy atom. The van der Waals surface area contributed by atoms with Crippen molar-refractivity contribution < 1.29 is 24.1 Å². The highest BCUT2D eigenvalue weighted by Crippen LogP contribution is 2.38. The van der Waals surface area contributed by atoms with Crippen LogP contribution in [0.3, 0.4) is 0 Å². The lowest BCUT2D eigenvalue weighted by Crippen LogP contribution is -2.49.